The summed E-state index contributed by atoms with van der Waals surface area (Å²) in [7, 11) is 2.18. The van der Waals surface area contributed by atoms with Gasteiger partial charge in [0.25, 0.3) is 0 Å². The van der Waals surface area contributed by atoms with Gasteiger partial charge in [0.05, 0.1) is 13.6 Å². The second-order valence-corrected chi connectivity index (χ2v) is 9.05. The van der Waals surface area contributed by atoms with Crippen LogP contribution in [-0.2, 0) is 15.1 Å². The van der Waals surface area contributed by atoms with Crippen molar-refractivity contribution in [1.82, 2.24) is 9.97 Å². The van der Waals surface area contributed by atoms with Crippen molar-refractivity contribution in [3.8, 4) is 11.1 Å². The van der Waals surface area contributed by atoms with Crippen molar-refractivity contribution in [2.45, 2.75) is 37.5 Å². The maximum Gasteiger partial charge on any atom is 0.347 e. The molecule has 164 valence electrons. The van der Waals surface area contributed by atoms with Crippen LogP contribution in [0.4, 0.5) is 0 Å². The van der Waals surface area contributed by atoms with Crippen LogP contribution in [0.25, 0.3) is 11.1 Å². The maximum absolute atomic E-state index is 13.4. The van der Waals surface area contributed by atoms with E-state index < -0.39 is 11.6 Å². The first kappa shape index (κ1) is 20.8. The van der Waals surface area contributed by atoms with E-state index >= 15 is 0 Å². The summed E-state index contributed by atoms with van der Waals surface area (Å²) in [6.45, 7) is 3.35. The highest BCUT2D eigenvalue weighted by Crippen LogP contribution is 2.48. The normalized spacial score (nSPS) is 23.9. The van der Waals surface area contributed by atoms with Crippen molar-refractivity contribution in [2.75, 3.05) is 20.2 Å². The first-order valence-corrected chi connectivity index (χ1v) is 11.2. The van der Waals surface area contributed by atoms with E-state index in [-0.39, 0.29) is 18.7 Å². The number of quaternary nitrogens is 1. The third-order valence-electron chi connectivity index (χ3n) is 7.48. The fourth-order valence-electron chi connectivity index (χ4n) is 5.41. The van der Waals surface area contributed by atoms with E-state index in [0.717, 1.165) is 36.3 Å². The van der Waals surface area contributed by atoms with Gasteiger partial charge in [-0.3, -0.25) is 0 Å². The van der Waals surface area contributed by atoms with Crippen LogP contribution in [0.1, 0.15) is 42.8 Å². The lowest BCUT2D eigenvalue weighted by atomic mass is 9.91. The summed E-state index contributed by atoms with van der Waals surface area (Å²) in [4.78, 5) is 22.3. The van der Waals surface area contributed by atoms with Crippen LogP contribution in [0.3, 0.4) is 0 Å². The fourth-order valence-corrected chi connectivity index (χ4v) is 5.41. The maximum atomic E-state index is 13.4. The van der Waals surface area contributed by atoms with Crippen molar-refractivity contribution in [3.63, 3.8) is 0 Å². The first-order valence-electron chi connectivity index (χ1n) is 11.2. The van der Waals surface area contributed by atoms with Gasteiger partial charge < -0.3 is 14.3 Å². The van der Waals surface area contributed by atoms with E-state index in [1.54, 1.807) is 24.5 Å². The Morgan fingerprint density at radius 2 is 1.69 bits per heavy atom. The molecule has 1 fully saturated rings. The fraction of sp³-hybridized carbons (Fsp3) is 0.346. The number of aromatic nitrogens is 2. The molecule has 6 heteroatoms. The van der Waals surface area contributed by atoms with Gasteiger partial charge >= 0.3 is 5.97 Å². The molecule has 3 atom stereocenters. The van der Waals surface area contributed by atoms with Gasteiger partial charge in [0, 0.05) is 36.4 Å². The average molecular weight is 431 g/mol. The van der Waals surface area contributed by atoms with Gasteiger partial charge in [-0.15, -0.1) is 0 Å². The number of ether oxygens (including phenoxy) is 1. The molecule has 0 radical (unpaired) electrons. The van der Waals surface area contributed by atoms with Crippen LogP contribution < -0.4 is 0 Å². The van der Waals surface area contributed by atoms with Crippen molar-refractivity contribution in [1.29, 1.82) is 0 Å². The molecular weight excluding hydrogens is 402 g/mol. The van der Waals surface area contributed by atoms with Gasteiger partial charge in [0.2, 0.25) is 5.60 Å². The lowest BCUT2D eigenvalue weighted by Gasteiger charge is -2.40. The Morgan fingerprint density at radius 1 is 1.09 bits per heavy atom. The number of hydrogen-bond acceptors (Lipinski definition) is 5. The summed E-state index contributed by atoms with van der Waals surface area (Å²) in [5, 5.41) is 11.7. The lowest BCUT2D eigenvalue weighted by molar-refractivity contribution is -0.949. The zero-order valence-electron chi connectivity index (χ0n) is 18.4. The molecule has 2 heterocycles. The summed E-state index contributed by atoms with van der Waals surface area (Å²) in [5.74, 6) is 0.183. The van der Waals surface area contributed by atoms with Gasteiger partial charge in [-0.2, -0.15) is 0 Å². The Hall–Kier alpha value is -3.09. The summed E-state index contributed by atoms with van der Waals surface area (Å²) < 4.78 is 6.57. The number of rotatable bonds is 5. The van der Waals surface area contributed by atoms with E-state index in [1.807, 2.05) is 42.5 Å². The zero-order chi connectivity index (χ0) is 22.3. The zero-order valence-corrected chi connectivity index (χ0v) is 18.4. The minimum Gasteiger partial charge on any atom is -0.457 e. The molecule has 1 N–H and O–H groups in total. The van der Waals surface area contributed by atoms with Gasteiger partial charge in [0.1, 0.15) is 18.7 Å². The van der Waals surface area contributed by atoms with Crippen molar-refractivity contribution < 1.29 is 19.1 Å². The Morgan fingerprint density at radius 3 is 2.31 bits per heavy atom. The highest BCUT2D eigenvalue weighted by Gasteiger charge is 2.50. The molecule has 5 rings (SSSR count). The van der Waals surface area contributed by atoms with Crippen LogP contribution in [-0.4, -0.2) is 51.8 Å². The topological polar surface area (TPSA) is 72.3 Å². The van der Waals surface area contributed by atoms with E-state index in [4.69, 9.17) is 4.74 Å². The molecule has 2 aromatic carbocycles. The number of carbonyl (C=O) groups excluding carboxylic acids is 1. The number of fused-ring (bicyclic) bond motifs is 3. The van der Waals surface area contributed by atoms with Crippen LogP contribution in [0.15, 0.2) is 67.0 Å². The van der Waals surface area contributed by atoms with Gasteiger partial charge in [-0.25, -0.2) is 14.8 Å². The minimum atomic E-state index is -1.79. The molecule has 2 unspecified atom stereocenters. The highest BCUT2D eigenvalue weighted by atomic mass is 16.6. The number of esters is 1. The van der Waals surface area contributed by atoms with Crippen molar-refractivity contribution in [3.05, 3.63) is 83.9 Å². The largest absolute Gasteiger partial charge is 0.457 e. The van der Waals surface area contributed by atoms with Crippen LogP contribution >= 0.6 is 0 Å². The molecule has 0 spiro atoms. The third-order valence-corrected chi connectivity index (χ3v) is 7.48. The Balaban J connectivity index is 1.39. The molecule has 1 saturated heterocycles. The minimum absolute atomic E-state index is 0.0819. The molecule has 0 amide bonds. The number of benzene rings is 2. The van der Waals surface area contributed by atoms with E-state index in [2.05, 4.69) is 23.9 Å². The number of carbonyl (C=O) groups is 1. The van der Waals surface area contributed by atoms with Crippen LogP contribution in [0, 0.1) is 0 Å². The lowest BCUT2D eigenvalue weighted by Crippen LogP contribution is -2.52. The predicted octanol–water partition coefficient (Wildman–Crippen LogP) is 3.61. The SMILES string of the molecule is CC(c1ncccn1)[N+]1(C)CCC[C@@H]1COC(=O)C1(O)c2ccccc2-c2ccccc21. The Labute approximate surface area is 188 Å². The number of likely N-dealkylation sites (N-methyl/N-ethyl adjacent to an activating group) is 1. The first-order chi connectivity index (χ1) is 15.5. The molecule has 0 bridgehead atoms. The molecule has 1 aromatic heterocycles. The van der Waals surface area contributed by atoms with Gasteiger partial charge in [-0.1, -0.05) is 48.5 Å². The smallest absolute Gasteiger partial charge is 0.347 e. The second-order valence-electron chi connectivity index (χ2n) is 9.05. The molecule has 32 heavy (non-hydrogen) atoms. The van der Waals surface area contributed by atoms with Gasteiger partial charge in [-0.05, 0) is 24.1 Å². The summed E-state index contributed by atoms with van der Waals surface area (Å²) in [6.07, 6.45) is 5.53. The number of likely N-dealkylation sites (tertiary alicyclic amines) is 1. The monoisotopic (exact) mass is 430 g/mol. The summed E-state index contributed by atoms with van der Waals surface area (Å²) in [6, 6.07) is 17.0. The Kier molecular flexibility index (Phi) is 5.07. The standard InChI is InChI=1S/C26H28N3O3/c1-18(24-27-14-8-15-28-24)29(2)16-7-9-19(29)17-32-25(30)26(31)22-12-5-3-10-20(22)21-11-4-6-13-23(21)26/h3-6,8,10-15,18-19,31H,7,9,16-17H2,1-2H3/q+1/t18?,19-,29?/m1/s1. The number of aliphatic hydroxyl groups is 1. The molecule has 0 saturated carbocycles. The van der Waals surface area contributed by atoms with E-state index in [0.29, 0.717) is 15.6 Å². The third kappa shape index (κ3) is 3.05. The highest BCUT2D eigenvalue weighted by molar-refractivity contribution is 5.96. The summed E-state index contributed by atoms with van der Waals surface area (Å²) >= 11 is 0. The molecule has 6 nitrogen and oxygen atoms in total. The quantitative estimate of drug-likeness (QED) is 0.495. The van der Waals surface area contributed by atoms with Crippen molar-refractivity contribution in [2.24, 2.45) is 0 Å². The predicted molar refractivity (Wildman–Crippen MR) is 120 cm³/mol. The summed E-state index contributed by atoms with van der Waals surface area (Å²) in [5.41, 5.74) is 1.13. The van der Waals surface area contributed by atoms with E-state index in [9.17, 15) is 9.90 Å². The van der Waals surface area contributed by atoms with Crippen LogP contribution in [0.5, 0.6) is 0 Å². The second kappa shape index (κ2) is 7.80. The molecule has 2 aliphatic rings. The molecule has 3 aromatic rings. The average Bonchev–Trinajstić information content (AvgIpc) is 3.35. The molecule has 1 aliphatic heterocycles. The molecular formula is C26H28N3O3+. The van der Waals surface area contributed by atoms with Crippen LogP contribution in [0.2, 0.25) is 0 Å². The number of hydrogen-bond donors (Lipinski definition) is 1. The van der Waals surface area contributed by atoms with Gasteiger partial charge in [0.15, 0.2) is 5.82 Å². The number of nitrogens with zero attached hydrogens (tertiary/aromatic N) is 3. The van der Waals surface area contributed by atoms with Crippen molar-refractivity contribution >= 4 is 5.97 Å². The van der Waals surface area contributed by atoms with E-state index in [1.165, 1.54) is 0 Å². The Bertz CT molecular complexity index is 1100. The molecule has 1 aliphatic carbocycles.